The number of benzene rings is 2. The zero-order valence-electron chi connectivity index (χ0n) is 16.3. The zero-order chi connectivity index (χ0) is 20.6. The van der Waals surface area contributed by atoms with Gasteiger partial charge in [-0.25, -0.2) is 8.42 Å². The third kappa shape index (κ3) is 5.46. The van der Waals surface area contributed by atoms with Crippen molar-refractivity contribution in [1.29, 1.82) is 0 Å². The summed E-state index contributed by atoms with van der Waals surface area (Å²) in [7, 11) is -3.52. The third-order valence-electron chi connectivity index (χ3n) is 3.99. The maximum Gasteiger partial charge on any atom is 0.262 e. The van der Waals surface area contributed by atoms with E-state index in [1.807, 2.05) is 13.0 Å². The molecule has 0 aromatic heterocycles. The van der Waals surface area contributed by atoms with Gasteiger partial charge in [0.05, 0.1) is 11.5 Å². The van der Waals surface area contributed by atoms with Crippen LogP contribution in [-0.4, -0.2) is 44.9 Å². The Labute approximate surface area is 166 Å². The Kier molecular flexibility index (Phi) is 7.83. The standard InChI is InChI=1S/C20H26N2O5S/c1-4-22(5-2)28(24,25)17-13-11-16(12-14-17)21-20(23)15-27-19-10-8-7-9-18(19)26-6-3/h7-14H,4-6,15H2,1-3H3,(H,21,23). The molecule has 152 valence electrons. The Hall–Kier alpha value is -2.58. The topological polar surface area (TPSA) is 84.9 Å². The van der Waals surface area contributed by atoms with E-state index in [1.165, 1.54) is 16.4 Å². The monoisotopic (exact) mass is 406 g/mol. The van der Waals surface area contributed by atoms with Gasteiger partial charge >= 0.3 is 0 Å². The highest BCUT2D eigenvalue weighted by molar-refractivity contribution is 7.89. The molecule has 0 spiro atoms. The molecule has 0 unspecified atom stereocenters. The zero-order valence-corrected chi connectivity index (χ0v) is 17.2. The van der Waals surface area contributed by atoms with Gasteiger partial charge in [0.2, 0.25) is 10.0 Å². The minimum absolute atomic E-state index is 0.191. The molecule has 28 heavy (non-hydrogen) atoms. The molecule has 0 saturated heterocycles. The third-order valence-corrected chi connectivity index (χ3v) is 6.05. The van der Waals surface area contributed by atoms with Crippen molar-refractivity contribution in [3.05, 3.63) is 48.5 Å². The van der Waals surface area contributed by atoms with Gasteiger partial charge in [-0.3, -0.25) is 4.79 Å². The lowest BCUT2D eigenvalue weighted by molar-refractivity contribution is -0.118. The Morgan fingerprint density at radius 1 is 0.929 bits per heavy atom. The number of rotatable bonds is 10. The van der Waals surface area contributed by atoms with Crippen molar-refractivity contribution < 1.29 is 22.7 Å². The highest BCUT2D eigenvalue weighted by Gasteiger charge is 2.21. The van der Waals surface area contributed by atoms with Crippen LogP contribution in [0, 0.1) is 0 Å². The van der Waals surface area contributed by atoms with Crippen LogP contribution in [0.1, 0.15) is 20.8 Å². The van der Waals surface area contributed by atoms with Crippen molar-refractivity contribution in [2.45, 2.75) is 25.7 Å². The lowest BCUT2D eigenvalue weighted by atomic mass is 10.3. The van der Waals surface area contributed by atoms with E-state index in [9.17, 15) is 13.2 Å². The number of para-hydroxylation sites is 2. The average Bonchev–Trinajstić information content (AvgIpc) is 2.69. The lowest BCUT2D eigenvalue weighted by Crippen LogP contribution is -2.30. The van der Waals surface area contributed by atoms with E-state index in [2.05, 4.69) is 5.32 Å². The highest BCUT2D eigenvalue weighted by atomic mass is 32.2. The van der Waals surface area contributed by atoms with Gasteiger partial charge in [-0.2, -0.15) is 4.31 Å². The number of anilines is 1. The van der Waals surface area contributed by atoms with E-state index in [1.54, 1.807) is 44.2 Å². The molecule has 0 radical (unpaired) electrons. The second-order valence-electron chi connectivity index (χ2n) is 5.83. The molecule has 0 aliphatic carbocycles. The number of amides is 1. The van der Waals surface area contributed by atoms with Crippen LogP contribution in [-0.2, 0) is 14.8 Å². The van der Waals surface area contributed by atoms with E-state index in [0.717, 1.165) is 0 Å². The van der Waals surface area contributed by atoms with Crippen LogP contribution in [0.25, 0.3) is 0 Å². The Bertz CT molecular complexity index is 878. The number of carbonyl (C=O) groups excluding carboxylic acids is 1. The summed E-state index contributed by atoms with van der Waals surface area (Å²) < 4.78 is 37.3. The first-order valence-corrected chi connectivity index (χ1v) is 10.6. The van der Waals surface area contributed by atoms with Crippen LogP contribution in [0.15, 0.2) is 53.4 Å². The van der Waals surface area contributed by atoms with E-state index in [-0.39, 0.29) is 17.4 Å². The quantitative estimate of drug-likeness (QED) is 0.655. The first kappa shape index (κ1) is 21.7. The van der Waals surface area contributed by atoms with Crippen molar-refractivity contribution in [2.24, 2.45) is 0 Å². The van der Waals surface area contributed by atoms with Gasteiger partial charge in [0.15, 0.2) is 18.1 Å². The Morgan fingerprint density at radius 2 is 1.50 bits per heavy atom. The van der Waals surface area contributed by atoms with Gasteiger partial charge in [-0.05, 0) is 43.3 Å². The molecule has 0 heterocycles. The summed E-state index contributed by atoms with van der Waals surface area (Å²) in [5.74, 6) is 0.703. The summed E-state index contributed by atoms with van der Waals surface area (Å²) in [6, 6.07) is 13.2. The molecule has 2 aromatic carbocycles. The summed E-state index contributed by atoms with van der Waals surface area (Å²) in [5.41, 5.74) is 0.491. The van der Waals surface area contributed by atoms with Crippen LogP contribution in [0.2, 0.25) is 0 Å². The normalized spacial score (nSPS) is 11.3. The van der Waals surface area contributed by atoms with Gasteiger partial charge in [0.1, 0.15) is 0 Å². The maximum atomic E-state index is 12.5. The van der Waals surface area contributed by atoms with Crippen LogP contribution < -0.4 is 14.8 Å². The molecular weight excluding hydrogens is 380 g/mol. The molecule has 0 bridgehead atoms. The molecule has 0 aliphatic rings. The number of carbonyl (C=O) groups is 1. The smallest absolute Gasteiger partial charge is 0.262 e. The van der Waals surface area contributed by atoms with Gasteiger partial charge in [0.25, 0.3) is 5.91 Å². The molecule has 1 N–H and O–H groups in total. The molecule has 0 atom stereocenters. The SMILES string of the molecule is CCOc1ccccc1OCC(=O)Nc1ccc(S(=O)(=O)N(CC)CC)cc1. The van der Waals surface area contributed by atoms with E-state index < -0.39 is 10.0 Å². The number of sulfonamides is 1. The molecule has 0 fully saturated rings. The number of nitrogens with one attached hydrogen (secondary N) is 1. The van der Waals surface area contributed by atoms with Gasteiger partial charge in [-0.1, -0.05) is 26.0 Å². The minimum Gasteiger partial charge on any atom is -0.490 e. The summed E-state index contributed by atoms with van der Waals surface area (Å²) in [5, 5.41) is 2.69. The van der Waals surface area contributed by atoms with Crippen LogP contribution in [0.5, 0.6) is 11.5 Å². The van der Waals surface area contributed by atoms with Crippen LogP contribution in [0.3, 0.4) is 0 Å². The molecule has 2 rings (SSSR count). The minimum atomic E-state index is -3.52. The molecule has 0 saturated carbocycles. The van der Waals surface area contributed by atoms with E-state index >= 15 is 0 Å². The molecule has 8 heteroatoms. The summed E-state index contributed by atoms with van der Waals surface area (Å²) >= 11 is 0. The molecule has 1 amide bonds. The summed E-state index contributed by atoms with van der Waals surface area (Å²) in [4.78, 5) is 12.3. The van der Waals surface area contributed by atoms with Crippen molar-refractivity contribution >= 4 is 21.6 Å². The molecule has 7 nitrogen and oxygen atoms in total. The number of hydrogen-bond donors (Lipinski definition) is 1. The average molecular weight is 407 g/mol. The molecule has 2 aromatic rings. The fraction of sp³-hybridized carbons (Fsp3) is 0.350. The van der Waals surface area contributed by atoms with Gasteiger partial charge < -0.3 is 14.8 Å². The summed E-state index contributed by atoms with van der Waals surface area (Å²) in [6.45, 7) is 6.56. The fourth-order valence-corrected chi connectivity index (χ4v) is 4.07. The van der Waals surface area contributed by atoms with E-state index in [0.29, 0.717) is 36.9 Å². The second-order valence-corrected chi connectivity index (χ2v) is 7.77. The largest absolute Gasteiger partial charge is 0.490 e. The predicted octanol–water partition coefficient (Wildman–Crippen LogP) is 3.13. The van der Waals surface area contributed by atoms with Gasteiger partial charge in [0, 0.05) is 18.8 Å². The fourth-order valence-electron chi connectivity index (χ4n) is 2.61. The number of hydrogen-bond acceptors (Lipinski definition) is 5. The predicted molar refractivity (Wildman–Crippen MR) is 108 cm³/mol. The van der Waals surface area contributed by atoms with E-state index in [4.69, 9.17) is 9.47 Å². The highest BCUT2D eigenvalue weighted by Crippen LogP contribution is 2.26. The second kappa shape index (κ2) is 10.1. The lowest BCUT2D eigenvalue weighted by Gasteiger charge is -2.18. The molecule has 0 aliphatic heterocycles. The Balaban J connectivity index is 1.98. The van der Waals surface area contributed by atoms with Crippen molar-refractivity contribution in [3.63, 3.8) is 0 Å². The first-order valence-electron chi connectivity index (χ1n) is 9.17. The van der Waals surface area contributed by atoms with Gasteiger partial charge in [-0.15, -0.1) is 0 Å². The number of ether oxygens (including phenoxy) is 2. The van der Waals surface area contributed by atoms with Crippen molar-refractivity contribution in [2.75, 3.05) is 31.6 Å². The first-order chi connectivity index (χ1) is 13.4. The van der Waals surface area contributed by atoms with Crippen molar-refractivity contribution in [3.8, 4) is 11.5 Å². The van der Waals surface area contributed by atoms with Crippen molar-refractivity contribution in [1.82, 2.24) is 4.31 Å². The van der Waals surface area contributed by atoms with Crippen LogP contribution >= 0.6 is 0 Å². The number of nitrogens with zero attached hydrogens (tertiary/aromatic N) is 1. The maximum absolute atomic E-state index is 12.5. The molecular formula is C20H26N2O5S. The Morgan fingerprint density at radius 3 is 2.04 bits per heavy atom. The summed E-state index contributed by atoms with van der Waals surface area (Å²) in [6.07, 6.45) is 0. The van der Waals surface area contributed by atoms with Crippen LogP contribution in [0.4, 0.5) is 5.69 Å².